The second-order valence-corrected chi connectivity index (χ2v) is 6.09. The van der Waals surface area contributed by atoms with Gasteiger partial charge in [-0.1, -0.05) is 67.8 Å². The zero-order valence-electron chi connectivity index (χ0n) is 13.8. The van der Waals surface area contributed by atoms with Gasteiger partial charge in [0.1, 0.15) is 0 Å². The molecule has 0 atom stereocenters. The Morgan fingerprint density at radius 2 is 1.58 bits per heavy atom. The minimum absolute atomic E-state index is 0.166. The van der Waals surface area contributed by atoms with E-state index < -0.39 is 0 Å². The average Bonchev–Trinajstić information content (AvgIpc) is 2.64. The fourth-order valence-corrected chi connectivity index (χ4v) is 2.95. The normalized spacial score (nSPS) is 15.3. The Kier molecular flexibility index (Phi) is 5.61. The van der Waals surface area contributed by atoms with E-state index in [0.29, 0.717) is 0 Å². The third-order valence-corrected chi connectivity index (χ3v) is 4.25. The quantitative estimate of drug-likeness (QED) is 0.650. The molecule has 0 aliphatic heterocycles. The molecule has 1 N–H and O–H groups in total. The molecule has 0 aromatic heterocycles. The van der Waals surface area contributed by atoms with Crippen LogP contribution in [0.15, 0.2) is 65.8 Å². The molecular formula is C20H23N3O. The van der Waals surface area contributed by atoms with Crippen LogP contribution in [0.1, 0.15) is 37.7 Å². The number of hydrazone groups is 1. The smallest absolute Gasteiger partial charge is 0.333 e. The van der Waals surface area contributed by atoms with Gasteiger partial charge in [0.2, 0.25) is 0 Å². The van der Waals surface area contributed by atoms with Crippen LogP contribution in [0.5, 0.6) is 0 Å². The molecule has 124 valence electrons. The Bertz CT molecular complexity index is 664. The number of carbonyl (C=O) groups excluding carboxylic acids is 1. The van der Waals surface area contributed by atoms with Crippen LogP contribution in [-0.4, -0.2) is 18.3 Å². The number of nitrogens with one attached hydrogen (secondary N) is 1. The van der Waals surface area contributed by atoms with E-state index in [9.17, 15) is 4.79 Å². The number of anilines is 1. The molecule has 0 heterocycles. The molecular weight excluding hydrogens is 298 g/mol. The highest BCUT2D eigenvalue weighted by molar-refractivity contribution is 5.94. The average molecular weight is 321 g/mol. The Hall–Kier alpha value is -2.62. The minimum atomic E-state index is -0.166. The van der Waals surface area contributed by atoms with Crippen LogP contribution >= 0.6 is 0 Å². The molecule has 2 amide bonds. The van der Waals surface area contributed by atoms with E-state index in [2.05, 4.69) is 10.4 Å². The van der Waals surface area contributed by atoms with E-state index in [1.54, 1.807) is 6.21 Å². The highest BCUT2D eigenvalue weighted by atomic mass is 16.2. The van der Waals surface area contributed by atoms with Gasteiger partial charge in [0, 0.05) is 6.04 Å². The van der Waals surface area contributed by atoms with Crippen LogP contribution in [0.2, 0.25) is 0 Å². The van der Waals surface area contributed by atoms with E-state index in [-0.39, 0.29) is 12.1 Å². The van der Waals surface area contributed by atoms with E-state index in [1.807, 2.05) is 60.7 Å². The predicted octanol–water partition coefficient (Wildman–Crippen LogP) is 4.57. The van der Waals surface area contributed by atoms with Crippen LogP contribution in [0, 0.1) is 0 Å². The lowest BCUT2D eigenvalue weighted by molar-refractivity contribution is 0.238. The maximum Gasteiger partial charge on any atom is 0.342 e. The first-order valence-electron chi connectivity index (χ1n) is 8.57. The molecule has 2 aromatic rings. The summed E-state index contributed by atoms with van der Waals surface area (Å²) in [7, 11) is 0. The molecule has 0 bridgehead atoms. The highest BCUT2D eigenvalue weighted by Gasteiger charge is 2.20. The molecule has 1 saturated carbocycles. The molecule has 1 aliphatic rings. The predicted molar refractivity (Wildman–Crippen MR) is 98.4 cm³/mol. The summed E-state index contributed by atoms with van der Waals surface area (Å²) in [5.74, 6) is 0. The summed E-state index contributed by atoms with van der Waals surface area (Å²) in [5, 5.41) is 9.00. The van der Waals surface area contributed by atoms with Gasteiger partial charge in [-0.15, -0.1) is 0 Å². The van der Waals surface area contributed by atoms with Gasteiger partial charge in [-0.2, -0.15) is 10.1 Å². The Labute approximate surface area is 143 Å². The molecule has 1 aliphatic carbocycles. The van der Waals surface area contributed by atoms with Gasteiger partial charge in [0.25, 0.3) is 0 Å². The molecule has 0 saturated heterocycles. The zero-order valence-corrected chi connectivity index (χ0v) is 13.8. The first kappa shape index (κ1) is 16.2. The first-order chi connectivity index (χ1) is 11.8. The van der Waals surface area contributed by atoms with E-state index in [0.717, 1.165) is 24.1 Å². The third kappa shape index (κ3) is 4.44. The number of hydrogen-bond acceptors (Lipinski definition) is 2. The van der Waals surface area contributed by atoms with Gasteiger partial charge >= 0.3 is 6.03 Å². The highest BCUT2D eigenvalue weighted by Crippen LogP contribution is 2.19. The van der Waals surface area contributed by atoms with Crippen molar-refractivity contribution in [2.75, 3.05) is 5.01 Å². The minimum Gasteiger partial charge on any atom is -0.333 e. The lowest BCUT2D eigenvalue weighted by Crippen LogP contribution is -2.43. The number of urea groups is 1. The second-order valence-electron chi connectivity index (χ2n) is 6.09. The molecule has 24 heavy (non-hydrogen) atoms. The van der Waals surface area contributed by atoms with Crippen LogP contribution in [-0.2, 0) is 0 Å². The van der Waals surface area contributed by atoms with Gasteiger partial charge in [0.05, 0.1) is 11.9 Å². The summed E-state index contributed by atoms with van der Waals surface area (Å²) in [4.78, 5) is 12.7. The van der Waals surface area contributed by atoms with Crippen molar-refractivity contribution in [1.82, 2.24) is 5.32 Å². The maximum atomic E-state index is 12.7. The number of nitrogens with zero attached hydrogens (tertiary/aromatic N) is 2. The van der Waals surface area contributed by atoms with Gasteiger partial charge in [-0.05, 0) is 30.5 Å². The monoisotopic (exact) mass is 321 g/mol. The molecule has 1 fully saturated rings. The largest absolute Gasteiger partial charge is 0.342 e. The number of hydrogen-bond donors (Lipinski definition) is 1. The second kappa shape index (κ2) is 8.29. The number of benzene rings is 2. The number of rotatable bonds is 4. The Morgan fingerprint density at radius 1 is 0.958 bits per heavy atom. The zero-order chi connectivity index (χ0) is 16.6. The van der Waals surface area contributed by atoms with Crippen molar-refractivity contribution in [2.24, 2.45) is 5.10 Å². The molecule has 0 radical (unpaired) electrons. The van der Waals surface area contributed by atoms with Crippen molar-refractivity contribution < 1.29 is 4.79 Å². The standard InChI is InChI=1S/C20H23N3O/c24-20(22-18-12-6-2-7-13-18)23(19-14-8-3-9-15-19)21-16-17-10-4-1-5-11-17/h1,3-5,8-11,14-16,18H,2,6-7,12-13H2,(H,22,24)/b21-16+. The fourth-order valence-electron chi connectivity index (χ4n) is 2.95. The van der Waals surface area contributed by atoms with E-state index in [1.165, 1.54) is 24.3 Å². The van der Waals surface area contributed by atoms with Crippen molar-refractivity contribution in [2.45, 2.75) is 38.1 Å². The van der Waals surface area contributed by atoms with Crippen molar-refractivity contribution in [3.63, 3.8) is 0 Å². The van der Waals surface area contributed by atoms with Crippen LogP contribution in [0.4, 0.5) is 10.5 Å². The molecule has 0 spiro atoms. The van der Waals surface area contributed by atoms with Gasteiger partial charge in [0.15, 0.2) is 0 Å². The fraction of sp³-hybridized carbons (Fsp3) is 0.300. The molecule has 3 rings (SSSR count). The van der Waals surface area contributed by atoms with Gasteiger partial charge < -0.3 is 5.32 Å². The Balaban J connectivity index is 1.76. The summed E-state index contributed by atoms with van der Waals surface area (Å²) in [6.07, 6.45) is 7.45. The topological polar surface area (TPSA) is 44.7 Å². The third-order valence-electron chi connectivity index (χ3n) is 4.25. The summed E-state index contributed by atoms with van der Waals surface area (Å²) < 4.78 is 0. The number of carbonyl (C=O) groups is 1. The van der Waals surface area contributed by atoms with Crippen LogP contribution < -0.4 is 10.3 Å². The maximum absolute atomic E-state index is 12.7. The first-order valence-corrected chi connectivity index (χ1v) is 8.57. The molecule has 4 heteroatoms. The number of para-hydroxylation sites is 1. The molecule has 0 unspecified atom stereocenters. The van der Waals surface area contributed by atoms with E-state index in [4.69, 9.17) is 0 Å². The lowest BCUT2D eigenvalue weighted by Gasteiger charge is -2.25. The molecule has 2 aromatic carbocycles. The lowest BCUT2D eigenvalue weighted by atomic mass is 9.96. The molecule has 4 nitrogen and oxygen atoms in total. The van der Waals surface area contributed by atoms with Crippen molar-refractivity contribution in [3.05, 3.63) is 66.2 Å². The van der Waals surface area contributed by atoms with Crippen molar-refractivity contribution in [1.29, 1.82) is 0 Å². The van der Waals surface area contributed by atoms with Crippen LogP contribution in [0.25, 0.3) is 0 Å². The summed E-state index contributed by atoms with van der Waals surface area (Å²) in [5.41, 5.74) is 1.72. The van der Waals surface area contributed by atoms with Gasteiger partial charge in [-0.3, -0.25) is 0 Å². The Morgan fingerprint density at radius 3 is 2.25 bits per heavy atom. The van der Waals surface area contributed by atoms with Crippen LogP contribution in [0.3, 0.4) is 0 Å². The summed E-state index contributed by atoms with van der Waals surface area (Å²) in [6.45, 7) is 0. The van der Waals surface area contributed by atoms with Crippen molar-refractivity contribution in [3.8, 4) is 0 Å². The van der Waals surface area contributed by atoms with E-state index >= 15 is 0 Å². The summed E-state index contributed by atoms with van der Waals surface area (Å²) >= 11 is 0. The SMILES string of the molecule is O=C(NC1CCCCC1)N(/N=C/c1ccccc1)c1ccccc1. The summed E-state index contributed by atoms with van der Waals surface area (Å²) in [6, 6.07) is 19.4. The van der Waals surface area contributed by atoms with Gasteiger partial charge in [-0.25, -0.2) is 4.79 Å². The number of amides is 2. The van der Waals surface area contributed by atoms with Crippen molar-refractivity contribution >= 4 is 17.9 Å².